The number of rotatable bonds is 2. The third kappa shape index (κ3) is 2.49. The minimum Gasteiger partial charge on any atom is -0.259 e. The van der Waals surface area contributed by atoms with Gasteiger partial charge in [-0.05, 0) is 6.07 Å². The molecule has 0 unspecified atom stereocenters. The van der Waals surface area contributed by atoms with Crippen molar-refractivity contribution in [1.29, 1.82) is 0 Å². The third-order valence-corrected chi connectivity index (χ3v) is 1.35. The van der Waals surface area contributed by atoms with Gasteiger partial charge in [0, 0.05) is 17.7 Å². The highest BCUT2D eigenvalue weighted by Crippen LogP contribution is 1.96. The van der Waals surface area contributed by atoms with Gasteiger partial charge in [0.2, 0.25) is 6.20 Å². The van der Waals surface area contributed by atoms with E-state index in [1.165, 1.54) is 6.08 Å². The SMILES string of the molecule is C[n+]1cccc(C=C[N+](=O)[O-])c1. The van der Waals surface area contributed by atoms with E-state index in [4.69, 9.17) is 0 Å². The van der Waals surface area contributed by atoms with E-state index < -0.39 is 4.92 Å². The van der Waals surface area contributed by atoms with Gasteiger partial charge in [0.05, 0.1) is 4.92 Å². The van der Waals surface area contributed by atoms with Crippen LogP contribution in [0.3, 0.4) is 0 Å². The number of hydrogen-bond acceptors (Lipinski definition) is 2. The molecule has 1 aromatic heterocycles. The summed E-state index contributed by atoms with van der Waals surface area (Å²) < 4.78 is 1.83. The second kappa shape index (κ2) is 3.61. The van der Waals surface area contributed by atoms with E-state index in [1.807, 2.05) is 23.9 Å². The van der Waals surface area contributed by atoms with Crippen molar-refractivity contribution >= 4 is 6.08 Å². The monoisotopic (exact) mass is 165 g/mol. The van der Waals surface area contributed by atoms with E-state index in [-0.39, 0.29) is 0 Å². The summed E-state index contributed by atoms with van der Waals surface area (Å²) in [5, 5.41) is 9.97. The largest absolute Gasteiger partial charge is 0.259 e. The molecule has 0 fully saturated rings. The second-order valence-corrected chi connectivity index (χ2v) is 2.40. The average Bonchev–Trinajstić information content (AvgIpc) is 2.01. The van der Waals surface area contributed by atoms with E-state index in [0.717, 1.165) is 11.8 Å². The molecule has 0 amide bonds. The number of nitrogens with zero attached hydrogens (tertiary/aromatic N) is 2. The zero-order valence-electron chi connectivity index (χ0n) is 6.68. The summed E-state index contributed by atoms with van der Waals surface area (Å²) in [5.41, 5.74) is 0.816. The van der Waals surface area contributed by atoms with Crippen LogP contribution in [0.4, 0.5) is 0 Å². The van der Waals surface area contributed by atoms with Crippen LogP contribution >= 0.6 is 0 Å². The van der Waals surface area contributed by atoms with Crippen LogP contribution in [0.5, 0.6) is 0 Å². The first-order valence-corrected chi connectivity index (χ1v) is 3.45. The highest BCUT2D eigenvalue weighted by atomic mass is 16.6. The van der Waals surface area contributed by atoms with Crippen LogP contribution in [-0.2, 0) is 7.05 Å². The lowest BCUT2D eigenvalue weighted by atomic mass is 10.3. The van der Waals surface area contributed by atoms with Crippen molar-refractivity contribution in [3.05, 3.63) is 46.4 Å². The molecule has 0 atom stereocenters. The van der Waals surface area contributed by atoms with Gasteiger partial charge in [-0.25, -0.2) is 4.57 Å². The third-order valence-electron chi connectivity index (χ3n) is 1.35. The molecule has 1 aromatic rings. The summed E-state index contributed by atoms with van der Waals surface area (Å²) >= 11 is 0. The Morgan fingerprint density at radius 3 is 3.00 bits per heavy atom. The van der Waals surface area contributed by atoms with Gasteiger partial charge in [-0.15, -0.1) is 0 Å². The lowest BCUT2D eigenvalue weighted by Crippen LogP contribution is -2.26. The highest BCUT2D eigenvalue weighted by Gasteiger charge is 1.94. The summed E-state index contributed by atoms with van der Waals surface area (Å²) in [5.74, 6) is 0. The molecule has 0 saturated heterocycles. The number of nitro groups is 1. The molecule has 0 radical (unpaired) electrons. The molecule has 4 nitrogen and oxygen atoms in total. The fourth-order valence-electron chi connectivity index (χ4n) is 0.857. The lowest BCUT2D eigenvalue weighted by Gasteiger charge is -1.87. The summed E-state index contributed by atoms with van der Waals surface area (Å²) in [4.78, 5) is 9.49. The Labute approximate surface area is 69.9 Å². The highest BCUT2D eigenvalue weighted by molar-refractivity contribution is 5.44. The molecule has 0 aliphatic heterocycles. The van der Waals surface area contributed by atoms with Gasteiger partial charge in [0.15, 0.2) is 12.4 Å². The number of aryl methyl sites for hydroxylation is 1. The van der Waals surface area contributed by atoms with Crippen molar-refractivity contribution in [3.63, 3.8) is 0 Å². The predicted octanol–water partition coefficient (Wildman–Crippen LogP) is 0.758. The van der Waals surface area contributed by atoms with Gasteiger partial charge in [-0.3, -0.25) is 10.1 Å². The smallest absolute Gasteiger partial charge is 0.235 e. The fraction of sp³-hybridized carbons (Fsp3) is 0.125. The Hall–Kier alpha value is -1.71. The Kier molecular flexibility index (Phi) is 2.53. The minimum atomic E-state index is -0.479. The number of pyridine rings is 1. The molecule has 0 aliphatic rings. The topological polar surface area (TPSA) is 47.0 Å². The van der Waals surface area contributed by atoms with E-state index >= 15 is 0 Å². The Bertz CT molecular complexity index is 321. The van der Waals surface area contributed by atoms with Crippen molar-refractivity contribution in [2.24, 2.45) is 7.05 Å². The van der Waals surface area contributed by atoms with Crippen LogP contribution in [0.25, 0.3) is 6.08 Å². The summed E-state index contributed by atoms with van der Waals surface area (Å²) in [6, 6.07) is 3.64. The van der Waals surface area contributed by atoms with Gasteiger partial charge in [-0.2, -0.15) is 0 Å². The molecule has 62 valence electrons. The van der Waals surface area contributed by atoms with Gasteiger partial charge in [0.1, 0.15) is 7.05 Å². The molecule has 12 heavy (non-hydrogen) atoms. The van der Waals surface area contributed by atoms with E-state index in [0.29, 0.717) is 0 Å². The molecule has 0 aromatic carbocycles. The van der Waals surface area contributed by atoms with E-state index in [9.17, 15) is 10.1 Å². The van der Waals surface area contributed by atoms with Crippen LogP contribution in [-0.4, -0.2) is 4.92 Å². The van der Waals surface area contributed by atoms with Crippen molar-refractivity contribution in [3.8, 4) is 0 Å². The van der Waals surface area contributed by atoms with Crippen molar-refractivity contribution in [2.45, 2.75) is 0 Å². The second-order valence-electron chi connectivity index (χ2n) is 2.40. The maximum Gasteiger partial charge on any atom is 0.235 e. The van der Waals surface area contributed by atoms with E-state index in [2.05, 4.69) is 0 Å². The Balaban J connectivity index is 2.83. The standard InChI is InChI=1S/C8H9N2O2/c1-9-5-2-3-8(7-9)4-6-10(11)12/h2-7H,1H3/q+1. The fourth-order valence-corrected chi connectivity index (χ4v) is 0.857. The van der Waals surface area contributed by atoms with Crippen LogP contribution in [0, 0.1) is 10.1 Å². The molecule has 0 spiro atoms. The first-order chi connectivity index (χ1) is 5.68. The van der Waals surface area contributed by atoms with Crippen LogP contribution in [0.1, 0.15) is 5.56 Å². The maximum atomic E-state index is 9.97. The van der Waals surface area contributed by atoms with Crippen molar-refractivity contribution in [2.75, 3.05) is 0 Å². The van der Waals surface area contributed by atoms with Crippen LogP contribution in [0.2, 0.25) is 0 Å². The Morgan fingerprint density at radius 1 is 1.67 bits per heavy atom. The molecular formula is C8H9N2O2+. The van der Waals surface area contributed by atoms with Crippen molar-refractivity contribution < 1.29 is 9.49 Å². The first kappa shape index (κ1) is 8.39. The number of hydrogen-bond donors (Lipinski definition) is 0. The molecule has 0 saturated carbocycles. The zero-order valence-corrected chi connectivity index (χ0v) is 6.68. The predicted molar refractivity (Wildman–Crippen MR) is 43.6 cm³/mol. The lowest BCUT2D eigenvalue weighted by molar-refractivity contribution is -0.671. The normalized spacial score (nSPS) is 10.4. The number of aromatic nitrogens is 1. The van der Waals surface area contributed by atoms with Gasteiger partial charge < -0.3 is 0 Å². The molecule has 0 N–H and O–H groups in total. The van der Waals surface area contributed by atoms with Crippen molar-refractivity contribution in [1.82, 2.24) is 0 Å². The molecule has 1 heterocycles. The average molecular weight is 165 g/mol. The first-order valence-electron chi connectivity index (χ1n) is 3.45. The molecule has 0 bridgehead atoms. The minimum absolute atomic E-state index is 0.479. The zero-order chi connectivity index (χ0) is 8.97. The van der Waals surface area contributed by atoms with Gasteiger partial charge >= 0.3 is 0 Å². The van der Waals surface area contributed by atoms with Crippen LogP contribution in [0.15, 0.2) is 30.7 Å². The summed E-state index contributed by atoms with van der Waals surface area (Å²) in [6.07, 6.45) is 6.05. The van der Waals surface area contributed by atoms with E-state index in [1.54, 1.807) is 12.3 Å². The molecule has 1 rings (SSSR count). The van der Waals surface area contributed by atoms with Gasteiger partial charge in [0.25, 0.3) is 0 Å². The molecule has 4 heteroatoms. The summed E-state index contributed by atoms with van der Waals surface area (Å²) in [6.45, 7) is 0. The maximum absolute atomic E-state index is 9.97. The quantitative estimate of drug-likeness (QED) is 0.369. The van der Waals surface area contributed by atoms with Gasteiger partial charge in [-0.1, -0.05) is 0 Å². The Morgan fingerprint density at radius 2 is 2.42 bits per heavy atom. The summed E-state index contributed by atoms with van der Waals surface area (Å²) in [7, 11) is 1.86. The molecular weight excluding hydrogens is 156 g/mol. The molecule has 0 aliphatic carbocycles. The van der Waals surface area contributed by atoms with Crippen LogP contribution < -0.4 is 4.57 Å².